The zero-order valence-electron chi connectivity index (χ0n) is 20.9. The van der Waals surface area contributed by atoms with Crippen LogP contribution in [0.15, 0.2) is 94.7 Å². The normalized spacial score (nSPS) is 10.7. The van der Waals surface area contributed by atoms with Crippen LogP contribution in [0.5, 0.6) is 0 Å². The molecule has 5 nitrogen and oxygen atoms in total. The molecule has 0 bridgehead atoms. The van der Waals surface area contributed by atoms with Gasteiger partial charge in [-0.1, -0.05) is 78.1 Å². The van der Waals surface area contributed by atoms with Gasteiger partial charge in [-0.05, 0) is 49.2 Å². The first kappa shape index (κ1) is 28.8. The van der Waals surface area contributed by atoms with Crippen LogP contribution in [0.1, 0.15) is 30.4 Å². The molecule has 38 heavy (non-hydrogen) atoms. The van der Waals surface area contributed by atoms with Gasteiger partial charge in [0.1, 0.15) is 18.1 Å². The second kappa shape index (κ2) is 14.8. The Kier molecular flexibility index (Phi) is 11.2. The molecule has 0 radical (unpaired) electrons. The fourth-order valence-electron chi connectivity index (χ4n) is 3.26. The van der Waals surface area contributed by atoms with Gasteiger partial charge in [-0.3, -0.25) is 0 Å². The number of hydrogen-bond donors (Lipinski definition) is 0. The van der Waals surface area contributed by atoms with Crippen molar-refractivity contribution in [2.24, 2.45) is 0 Å². The number of unbranched alkanes of at least 4 members (excludes halogenated alkanes) is 2. The second-order valence-electron chi connectivity index (χ2n) is 8.16. The van der Waals surface area contributed by atoms with Crippen LogP contribution in [0.2, 0.25) is 0 Å². The van der Waals surface area contributed by atoms with Crippen LogP contribution >= 0.6 is 0 Å². The Morgan fingerprint density at radius 2 is 1.05 bits per heavy atom. The molecule has 194 valence electrons. The lowest BCUT2D eigenvalue weighted by Crippen LogP contribution is -2.04. The Morgan fingerprint density at radius 3 is 1.63 bits per heavy atom. The summed E-state index contributed by atoms with van der Waals surface area (Å²) in [6.45, 7) is 0.780. The zero-order valence-corrected chi connectivity index (χ0v) is 22.5. The summed E-state index contributed by atoms with van der Waals surface area (Å²) in [5.41, 5.74) is 1.37. The molecule has 0 heterocycles. The monoisotopic (exact) mass is 544 g/mol. The van der Waals surface area contributed by atoms with Crippen LogP contribution in [0.25, 0.3) is 0 Å². The maximum absolute atomic E-state index is 12.4. The minimum atomic E-state index is -3.46. The van der Waals surface area contributed by atoms with Crippen LogP contribution in [-0.2, 0) is 24.4 Å². The molecule has 0 aromatic heterocycles. The SMILES string of the molecule is O=S(=O)(CC#CCCCCOCC#Cc1ccccc1C#CCS(=O)(=O)c1ccccc1)c1ccccc1. The molecule has 0 aliphatic carbocycles. The average molecular weight is 545 g/mol. The van der Waals surface area contributed by atoms with Gasteiger partial charge < -0.3 is 4.74 Å². The minimum Gasteiger partial charge on any atom is -0.369 e. The van der Waals surface area contributed by atoms with Crippen molar-refractivity contribution in [3.63, 3.8) is 0 Å². The van der Waals surface area contributed by atoms with E-state index >= 15 is 0 Å². The molecule has 0 spiro atoms. The van der Waals surface area contributed by atoms with Gasteiger partial charge in [-0.15, -0.1) is 5.92 Å². The van der Waals surface area contributed by atoms with Gasteiger partial charge in [0.05, 0.1) is 9.79 Å². The predicted molar refractivity (Wildman–Crippen MR) is 150 cm³/mol. The van der Waals surface area contributed by atoms with Crippen LogP contribution in [0.4, 0.5) is 0 Å². The summed E-state index contributed by atoms with van der Waals surface area (Å²) in [4.78, 5) is 0.539. The first-order valence-electron chi connectivity index (χ1n) is 12.0. The fraction of sp³-hybridized carbons (Fsp3) is 0.226. The highest BCUT2D eigenvalue weighted by Gasteiger charge is 2.12. The summed E-state index contributed by atoms with van der Waals surface area (Å²) in [5.74, 6) is 16.9. The molecule has 0 unspecified atom stereocenters. The van der Waals surface area contributed by atoms with Crippen molar-refractivity contribution in [1.29, 1.82) is 0 Å². The molecular formula is C31H28O5S2. The molecule has 3 rings (SSSR count). The van der Waals surface area contributed by atoms with E-state index in [-0.39, 0.29) is 27.9 Å². The number of benzene rings is 3. The van der Waals surface area contributed by atoms with Crippen molar-refractivity contribution in [1.82, 2.24) is 0 Å². The first-order valence-corrected chi connectivity index (χ1v) is 15.3. The van der Waals surface area contributed by atoms with E-state index in [2.05, 4.69) is 35.5 Å². The van der Waals surface area contributed by atoms with E-state index in [1.165, 1.54) is 0 Å². The number of hydrogen-bond acceptors (Lipinski definition) is 5. The predicted octanol–water partition coefficient (Wildman–Crippen LogP) is 4.53. The molecule has 0 aliphatic heterocycles. The Bertz CT molecular complexity index is 1590. The fourth-order valence-corrected chi connectivity index (χ4v) is 5.29. The lowest BCUT2D eigenvalue weighted by molar-refractivity contribution is 0.163. The topological polar surface area (TPSA) is 77.5 Å². The number of rotatable bonds is 9. The summed E-state index contributed by atoms with van der Waals surface area (Å²) in [6.07, 6.45) is 2.20. The molecule has 3 aromatic rings. The third kappa shape index (κ3) is 9.58. The standard InChI is InChI=1S/C31H28O5S2/c32-37(33,30-20-6-4-7-21-30)26-13-3-1-2-12-24-36-25-14-18-28-16-10-11-17-29(28)19-15-27-38(34,35)31-22-8-5-9-23-31/h4-11,16-17,20-23H,1-2,12,24-27H2. The van der Waals surface area contributed by atoms with Crippen molar-refractivity contribution in [2.45, 2.75) is 29.1 Å². The van der Waals surface area contributed by atoms with Gasteiger partial charge in [0.2, 0.25) is 0 Å². The second-order valence-corrected chi connectivity index (χ2v) is 12.1. The van der Waals surface area contributed by atoms with Crippen LogP contribution in [0.3, 0.4) is 0 Å². The van der Waals surface area contributed by atoms with Crippen molar-refractivity contribution in [3.8, 4) is 35.5 Å². The maximum Gasteiger partial charge on any atom is 0.189 e. The maximum atomic E-state index is 12.4. The summed E-state index contributed by atoms with van der Waals surface area (Å²) >= 11 is 0. The van der Waals surface area contributed by atoms with Gasteiger partial charge in [-0.25, -0.2) is 16.8 Å². The molecule has 0 fully saturated rings. The summed E-state index contributed by atoms with van der Waals surface area (Å²) in [7, 11) is -6.83. The molecule has 7 heteroatoms. The zero-order chi connectivity index (χ0) is 27.1. The highest BCUT2D eigenvalue weighted by atomic mass is 32.2. The number of sulfone groups is 2. The van der Waals surface area contributed by atoms with Gasteiger partial charge in [-0.2, -0.15) is 0 Å². The highest BCUT2D eigenvalue weighted by molar-refractivity contribution is 7.92. The van der Waals surface area contributed by atoms with Gasteiger partial charge in [0.25, 0.3) is 0 Å². The Morgan fingerprint density at radius 1 is 0.553 bits per heavy atom. The van der Waals surface area contributed by atoms with Crippen LogP contribution < -0.4 is 0 Å². The Hall–Kier alpha value is -3.80. The van der Waals surface area contributed by atoms with E-state index in [4.69, 9.17) is 4.74 Å². The number of ether oxygens (including phenoxy) is 1. The Labute approximate surface area is 226 Å². The molecule has 0 aliphatic rings. The van der Waals surface area contributed by atoms with E-state index in [0.717, 1.165) is 12.8 Å². The van der Waals surface area contributed by atoms with E-state index in [0.29, 0.717) is 24.2 Å². The largest absolute Gasteiger partial charge is 0.369 e. The van der Waals surface area contributed by atoms with Gasteiger partial charge in [0.15, 0.2) is 19.7 Å². The lowest BCUT2D eigenvalue weighted by Gasteiger charge is -2.00. The molecule has 0 N–H and O–H groups in total. The van der Waals surface area contributed by atoms with E-state index < -0.39 is 19.7 Å². The van der Waals surface area contributed by atoms with Gasteiger partial charge in [0, 0.05) is 24.2 Å². The average Bonchev–Trinajstić information content (AvgIpc) is 2.93. The minimum absolute atomic E-state index is 0.183. The first-order chi connectivity index (χ1) is 18.4. The van der Waals surface area contributed by atoms with Gasteiger partial charge >= 0.3 is 0 Å². The van der Waals surface area contributed by atoms with Crippen LogP contribution in [-0.4, -0.2) is 41.6 Å². The molecule has 0 atom stereocenters. The molecule has 3 aromatic carbocycles. The molecule has 0 amide bonds. The van der Waals surface area contributed by atoms with E-state index in [1.807, 2.05) is 18.2 Å². The lowest BCUT2D eigenvalue weighted by atomic mass is 10.1. The smallest absolute Gasteiger partial charge is 0.189 e. The van der Waals surface area contributed by atoms with Crippen molar-refractivity contribution in [2.75, 3.05) is 24.7 Å². The summed E-state index contributed by atoms with van der Waals surface area (Å²) in [5, 5.41) is 0. The summed E-state index contributed by atoms with van der Waals surface area (Å²) < 4.78 is 54.7. The summed E-state index contributed by atoms with van der Waals surface area (Å²) in [6, 6.07) is 23.9. The quantitative estimate of drug-likeness (QED) is 0.292. The van der Waals surface area contributed by atoms with E-state index in [9.17, 15) is 16.8 Å². The third-order valence-electron chi connectivity index (χ3n) is 5.24. The van der Waals surface area contributed by atoms with Crippen molar-refractivity contribution in [3.05, 3.63) is 96.1 Å². The van der Waals surface area contributed by atoms with E-state index in [1.54, 1.807) is 66.7 Å². The molecule has 0 saturated carbocycles. The van der Waals surface area contributed by atoms with Crippen molar-refractivity contribution < 1.29 is 21.6 Å². The van der Waals surface area contributed by atoms with Crippen LogP contribution in [0, 0.1) is 35.5 Å². The molecular weight excluding hydrogens is 516 g/mol. The van der Waals surface area contributed by atoms with Crippen molar-refractivity contribution >= 4 is 19.7 Å². The molecule has 0 saturated heterocycles. The third-order valence-corrected chi connectivity index (χ3v) is 8.27. The highest BCUT2D eigenvalue weighted by Crippen LogP contribution is 2.11. The Balaban J connectivity index is 1.38.